The van der Waals surface area contributed by atoms with Gasteiger partial charge in [-0.1, -0.05) is 12.8 Å². The molecule has 3 saturated carbocycles. The number of hydrogen-bond acceptors (Lipinski definition) is 4. The summed E-state index contributed by atoms with van der Waals surface area (Å²) >= 11 is 0. The largest absolute Gasteiger partial charge is 0.274 e. The Morgan fingerprint density at radius 1 is 0.586 bits per heavy atom. The zero-order valence-electron chi connectivity index (χ0n) is 16.3. The molecule has 0 radical (unpaired) electrons. The highest BCUT2D eigenvalue weighted by Gasteiger charge is 2.61. The smallest absolute Gasteiger partial charge is 0.237 e. The summed E-state index contributed by atoms with van der Waals surface area (Å²) in [6.45, 7) is 0. The second-order valence-electron chi connectivity index (χ2n) is 9.42. The molecule has 2 saturated heterocycles. The third kappa shape index (κ3) is 2.23. The van der Waals surface area contributed by atoms with Crippen LogP contribution in [0.3, 0.4) is 0 Å². The van der Waals surface area contributed by atoms with Crippen molar-refractivity contribution < 1.29 is 19.2 Å². The van der Waals surface area contributed by atoms with Gasteiger partial charge in [-0.05, 0) is 68.2 Å². The van der Waals surface area contributed by atoms with Crippen molar-refractivity contribution in [1.82, 2.24) is 0 Å². The van der Waals surface area contributed by atoms with E-state index in [0.29, 0.717) is 23.2 Å². The first-order valence-electron chi connectivity index (χ1n) is 10.9. The Morgan fingerprint density at radius 3 is 1.45 bits per heavy atom. The molecular formula is C23H24N2O4. The van der Waals surface area contributed by atoms with Crippen LogP contribution in [-0.4, -0.2) is 23.6 Å². The molecule has 0 spiro atoms. The molecule has 4 amide bonds. The molecule has 0 unspecified atom stereocenters. The number of imide groups is 2. The minimum absolute atomic E-state index is 0.0701. The van der Waals surface area contributed by atoms with E-state index in [1.54, 1.807) is 24.3 Å². The highest BCUT2D eigenvalue weighted by atomic mass is 16.2. The van der Waals surface area contributed by atoms with Crippen molar-refractivity contribution >= 4 is 35.0 Å². The predicted octanol–water partition coefficient (Wildman–Crippen LogP) is 2.90. The standard InChI is InChI=1S/C23H24N2O4/c26-20-16-3-1-2-4-17(16)21(27)24(20)14-7-9-15(10-8-14)25-22(28)18-12-5-6-13(11-12)19(18)23(25)29/h7-10,12-13,16-19H,1-6,11H2/t12-,13-,16+,17+,18-,19+/m0/s1. The van der Waals surface area contributed by atoms with Gasteiger partial charge in [0.05, 0.1) is 35.0 Å². The van der Waals surface area contributed by atoms with E-state index >= 15 is 0 Å². The molecule has 1 aromatic carbocycles. The van der Waals surface area contributed by atoms with Crippen LogP contribution in [0, 0.1) is 35.5 Å². The number of carbonyl (C=O) groups excluding carboxylic acids is 4. The van der Waals surface area contributed by atoms with Crippen LogP contribution in [0.1, 0.15) is 44.9 Å². The lowest BCUT2D eigenvalue weighted by Crippen LogP contribution is -2.33. The van der Waals surface area contributed by atoms with Crippen molar-refractivity contribution in [2.45, 2.75) is 44.9 Å². The van der Waals surface area contributed by atoms with E-state index in [0.717, 1.165) is 44.9 Å². The fourth-order valence-corrected chi connectivity index (χ4v) is 6.83. The van der Waals surface area contributed by atoms with E-state index in [1.165, 1.54) is 9.80 Å². The maximum Gasteiger partial charge on any atom is 0.237 e. The number of benzene rings is 1. The van der Waals surface area contributed by atoms with Gasteiger partial charge in [0.2, 0.25) is 23.6 Å². The van der Waals surface area contributed by atoms with E-state index in [4.69, 9.17) is 0 Å². The maximum absolute atomic E-state index is 13.0. The lowest BCUT2D eigenvalue weighted by molar-refractivity contribution is -0.124. The molecule has 0 aromatic heterocycles. The summed E-state index contributed by atoms with van der Waals surface area (Å²) in [7, 11) is 0. The van der Waals surface area contributed by atoms with Gasteiger partial charge >= 0.3 is 0 Å². The first-order valence-corrected chi connectivity index (χ1v) is 10.9. The fraction of sp³-hybridized carbons (Fsp3) is 0.565. The van der Waals surface area contributed by atoms with Crippen molar-refractivity contribution in [2.75, 3.05) is 9.80 Å². The third-order valence-corrected chi connectivity index (χ3v) is 8.13. The molecule has 5 aliphatic rings. The number of amides is 4. The zero-order valence-corrected chi connectivity index (χ0v) is 16.3. The average Bonchev–Trinajstić information content (AvgIpc) is 3.47. The molecule has 2 heterocycles. The number of fused-ring (bicyclic) bond motifs is 6. The minimum atomic E-state index is -0.187. The Morgan fingerprint density at radius 2 is 1.00 bits per heavy atom. The average molecular weight is 392 g/mol. The van der Waals surface area contributed by atoms with Crippen LogP contribution in [0.5, 0.6) is 0 Å². The fourth-order valence-electron chi connectivity index (χ4n) is 6.83. The molecule has 3 aliphatic carbocycles. The van der Waals surface area contributed by atoms with Crippen LogP contribution in [0.2, 0.25) is 0 Å². The molecule has 5 fully saturated rings. The van der Waals surface area contributed by atoms with Crippen molar-refractivity contribution in [1.29, 1.82) is 0 Å². The normalized spacial score (nSPS) is 38.2. The molecule has 1 aromatic rings. The molecule has 29 heavy (non-hydrogen) atoms. The molecular weight excluding hydrogens is 368 g/mol. The molecule has 6 rings (SSSR count). The lowest BCUT2D eigenvalue weighted by Gasteiger charge is -2.19. The van der Waals surface area contributed by atoms with Gasteiger partial charge in [-0.15, -0.1) is 0 Å². The summed E-state index contributed by atoms with van der Waals surface area (Å²) in [5.41, 5.74) is 1.09. The van der Waals surface area contributed by atoms with Gasteiger partial charge in [0, 0.05) is 0 Å². The van der Waals surface area contributed by atoms with Gasteiger partial charge in [0.1, 0.15) is 0 Å². The van der Waals surface area contributed by atoms with Crippen molar-refractivity contribution in [2.24, 2.45) is 35.5 Å². The van der Waals surface area contributed by atoms with Crippen LogP contribution in [0.4, 0.5) is 11.4 Å². The second kappa shape index (κ2) is 6.00. The summed E-state index contributed by atoms with van der Waals surface area (Å²) in [5.74, 6) is -0.309. The quantitative estimate of drug-likeness (QED) is 0.726. The Labute approximate surface area is 169 Å². The number of anilines is 2. The number of carbonyl (C=O) groups is 4. The molecule has 2 aliphatic heterocycles. The maximum atomic E-state index is 13.0. The molecule has 150 valence electrons. The highest BCUT2D eigenvalue weighted by Crippen LogP contribution is 2.56. The Balaban J connectivity index is 1.28. The van der Waals surface area contributed by atoms with Gasteiger partial charge in [-0.2, -0.15) is 0 Å². The van der Waals surface area contributed by atoms with Gasteiger partial charge in [0.25, 0.3) is 0 Å². The first kappa shape index (κ1) is 17.4. The lowest BCUT2D eigenvalue weighted by atomic mass is 9.81. The number of nitrogens with zero attached hydrogens (tertiary/aromatic N) is 2. The van der Waals surface area contributed by atoms with E-state index in [2.05, 4.69) is 0 Å². The van der Waals surface area contributed by atoms with Gasteiger partial charge < -0.3 is 0 Å². The van der Waals surface area contributed by atoms with Crippen LogP contribution in [0.25, 0.3) is 0 Å². The summed E-state index contributed by atoms with van der Waals surface area (Å²) in [5, 5.41) is 0. The molecule has 0 N–H and O–H groups in total. The van der Waals surface area contributed by atoms with E-state index in [1.807, 2.05) is 0 Å². The van der Waals surface area contributed by atoms with E-state index in [-0.39, 0.29) is 47.3 Å². The van der Waals surface area contributed by atoms with Gasteiger partial charge in [0.15, 0.2) is 0 Å². The van der Waals surface area contributed by atoms with Crippen LogP contribution in [0.15, 0.2) is 24.3 Å². The Bertz CT molecular complexity index is 887. The molecule has 6 heteroatoms. The van der Waals surface area contributed by atoms with Gasteiger partial charge in [-0.3, -0.25) is 29.0 Å². The Hall–Kier alpha value is -2.50. The minimum Gasteiger partial charge on any atom is -0.274 e. The van der Waals surface area contributed by atoms with Crippen LogP contribution in [-0.2, 0) is 19.2 Å². The third-order valence-electron chi connectivity index (χ3n) is 8.13. The second-order valence-corrected chi connectivity index (χ2v) is 9.42. The van der Waals surface area contributed by atoms with Gasteiger partial charge in [-0.25, -0.2) is 0 Å². The molecule has 6 atom stereocenters. The number of rotatable bonds is 2. The monoisotopic (exact) mass is 392 g/mol. The molecule has 2 bridgehead atoms. The number of hydrogen-bond donors (Lipinski definition) is 0. The summed E-state index contributed by atoms with van der Waals surface area (Å²) in [6, 6.07) is 6.81. The van der Waals surface area contributed by atoms with Crippen molar-refractivity contribution in [3.8, 4) is 0 Å². The van der Waals surface area contributed by atoms with Crippen molar-refractivity contribution in [3.63, 3.8) is 0 Å². The summed E-state index contributed by atoms with van der Waals surface area (Å²) < 4.78 is 0. The summed E-state index contributed by atoms with van der Waals surface area (Å²) in [6.07, 6.45) is 6.68. The summed E-state index contributed by atoms with van der Waals surface area (Å²) in [4.78, 5) is 54.2. The topological polar surface area (TPSA) is 74.8 Å². The van der Waals surface area contributed by atoms with Crippen LogP contribution >= 0.6 is 0 Å². The Kier molecular flexibility index (Phi) is 3.59. The van der Waals surface area contributed by atoms with E-state index < -0.39 is 0 Å². The molecule has 6 nitrogen and oxygen atoms in total. The highest BCUT2D eigenvalue weighted by molar-refractivity contribution is 6.24. The zero-order chi connectivity index (χ0) is 19.9. The SMILES string of the molecule is O=C1[C@@H]2[C@H]3CC[C@@H](C3)[C@@H]2C(=O)N1c1ccc(N2C(=O)[C@@H]3CCCC[C@H]3C2=O)cc1. The van der Waals surface area contributed by atoms with Crippen molar-refractivity contribution in [3.05, 3.63) is 24.3 Å². The van der Waals surface area contributed by atoms with E-state index in [9.17, 15) is 19.2 Å². The first-order chi connectivity index (χ1) is 14.1. The predicted molar refractivity (Wildman–Crippen MR) is 105 cm³/mol. The van der Waals surface area contributed by atoms with Crippen LogP contribution < -0.4 is 9.80 Å².